The summed E-state index contributed by atoms with van der Waals surface area (Å²) in [5.74, 6) is 0.577. The molecule has 0 atom stereocenters. The third kappa shape index (κ3) is 2.01. The molecule has 3 heteroatoms. The SMILES string of the molecule is Cc1ccc(Cn2c(C)cnc2N)cc1. The number of hydrogen-bond donors (Lipinski definition) is 1. The van der Waals surface area contributed by atoms with Crippen molar-refractivity contribution in [1.29, 1.82) is 0 Å². The summed E-state index contributed by atoms with van der Waals surface area (Å²) < 4.78 is 2.00. The van der Waals surface area contributed by atoms with E-state index in [2.05, 4.69) is 36.2 Å². The fourth-order valence-corrected chi connectivity index (χ4v) is 1.56. The Labute approximate surface area is 89.6 Å². The van der Waals surface area contributed by atoms with Gasteiger partial charge in [0.15, 0.2) is 0 Å². The smallest absolute Gasteiger partial charge is 0.200 e. The van der Waals surface area contributed by atoms with E-state index in [4.69, 9.17) is 5.73 Å². The van der Waals surface area contributed by atoms with Crippen LogP contribution in [0.2, 0.25) is 0 Å². The van der Waals surface area contributed by atoms with Crippen molar-refractivity contribution in [3.63, 3.8) is 0 Å². The van der Waals surface area contributed by atoms with Gasteiger partial charge in [-0.15, -0.1) is 0 Å². The van der Waals surface area contributed by atoms with E-state index in [0.717, 1.165) is 12.2 Å². The van der Waals surface area contributed by atoms with Gasteiger partial charge in [-0.1, -0.05) is 29.8 Å². The molecular weight excluding hydrogens is 186 g/mol. The van der Waals surface area contributed by atoms with Crippen molar-refractivity contribution >= 4 is 5.95 Å². The largest absolute Gasteiger partial charge is 0.369 e. The van der Waals surface area contributed by atoms with Crippen LogP contribution in [0.1, 0.15) is 16.8 Å². The maximum atomic E-state index is 5.77. The zero-order chi connectivity index (χ0) is 10.8. The predicted molar refractivity (Wildman–Crippen MR) is 61.7 cm³/mol. The zero-order valence-corrected chi connectivity index (χ0v) is 9.07. The first-order chi connectivity index (χ1) is 7.16. The van der Waals surface area contributed by atoms with Crippen LogP contribution in [0, 0.1) is 13.8 Å². The first kappa shape index (κ1) is 9.77. The Morgan fingerprint density at radius 3 is 2.40 bits per heavy atom. The van der Waals surface area contributed by atoms with Gasteiger partial charge in [0.25, 0.3) is 0 Å². The highest BCUT2D eigenvalue weighted by Gasteiger charge is 2.03. The molecule has 0 bridgehead atoms. The van der Waals surface area contributed by atoms with Crippen LogP contribution in [-0.2, 0) is 6.54 Å². The van der Waals surface area contributed by atoms with Gasteiger partial charge in [0.05, 0.1) is 12.7 Å². The summed E-state index contributed by atoms with van der Waals surface area (Å²) in [6.07, 6.45) is 1.80. The second kappa shape index (κ2) is 3.77. The van der Waals surface area contributed by atoms with Gasteiger partial charge in [0.1, 0.15) is 0 Å². The molecule has 2 aromatic rings. The Balaban J connectivity index is 2.25. The molecule has 0 fully saturated rings. The second-order valence-corrected chi connectivity index (χ2v) is 3.83. The van der Waals surface area contributed by atoms with Crippen molar-refractivity contribution < 1.29 is 0 Å². The van der Waals surface area contributed by atoms with Crippen molar-refractivity contribution in [2.75, 3.05) is 5.73 Å². The Kier molecular flexibility index (Phi) is 2.46. The topological polar surface area (TPSA) is 43.8 Å². The number of anilines is 1. The predicted octanol–water partition coefficient (Wildman–Crippen LogP) is 2.13. The summed E-state index contributed by atoms with van der Waals surface area (Å²) in [7, 11) is 0. The Morgan fingerprint density at radius 1 is 1.20 bits per heavy atom. The summed E-state index contributed by atoms with van der Waals surface area (Å²) in [5.41, 5.74) is 9.38. The van der Waals surface area contributed by atoms with E-state index >= 15 is 0 Å². The van der Waals surface area contributed by atoms with E-state index in [1.807, 2.05) is 11.5 Å². The fourth-order valence-electron chi connectivity index (χ4n) is 1.56. The lowest BCUT2D eigenvalue weighted by Gasteiger charge is -2.07. The molecule has 0 radical (unpaired) electrons. The summed E-state index contributed by atoms with van der Waals surface area (Å²) in [4.78, 5) is 4.07. The minimum Gasteiger partial charge on any atom is -0.369 e. The van der Waals surface area contributed by atoms with Gasteiger partial charge in [0, 0.05) is 5.69 Å². The number of rotatable bonds is 2. The highest BCUT2D eigenvalue weighted by Crippen LogP contribution is 2.11. The number of nitrogens with two attached hydrogens (primary N) is 1. The first-order valence-corrected chi connectivity index (χ1v) is 5.00. The summed E-state index contributed by atoms with van der Waals surface area (Å²) in [6.45, 7) is 4.89. The molecule has 1 aromatic carbocycles. The van der Waals surface area contributed by atoms with Crippen LogP contribution in [0.15, 0.2) is 30.5 Å². The van der Waals surface area contributed by atoms with Crippen molar-refractivity contribution in [3.05, 3.63) is 47.3 Å². The molecule has 78 valence electrons. The minimum atomic E-state index is 0.577. The standard InChI is InChI=1S/C12H15N3/c1-9-3-5-11(6-4-9)8-15-10(2)7-14-12(15)13/h3-7H,8H2,1-2H3,(H2,13,14). The van der Waals surface area contributed by atoms with Gasteiger partial charge in [0.2, 0.25) is 5.95 Å². The molecule has 3 nitrogen and oxygen atoms in total. The van der Waals surface area contributed by atoms with Gasteiger partial charge in [-0.2, -0.15) is 0 Å². The molecule has 2 N–H and O–H groups in total. The fraction of sp³-hybridized carbons (Fsp3) is 0.250. The van der Waals surface area contributed by atoms with E-state index < -0.39 is 0 Å². The Morgan fingerprint density at radius 2 is 1.87 bits per heavy atom. The third-order valence-electron chi connectivity index (χ3n) is 2.55. The zero-order valence-electron chi connectivity index (χ0n) is 9.07. The number of nitrogens with zero attached hydrogens (tertiary/aromatic N) is 2. The third-order valence-corrected chi connectivity index (χ3v) is 2.55. The molecule has 0 amide bonds. The van der Waals surface area contributed by atoms with Gasteiger partial charge in [-0.3, -0.25) is 0 Å². The first-order valence-electron chi connectivity index (χ1n) is 5.00. The highest BCUT2D eigenvalue weighted by molar-refractivity contribution is 5.27. The lowest BCUT2D eigenvalue weighted by Crippen LogP contribution is -2.06. The molecule has 0 aliphatic rings. The normalized spacial score (nSPS) is 10.5. The maximum absolute atomic E-state index is 5.77. The number of imidazole rings is 1. The van der Waals surface area contributed by atoms with Crippen LogP contribution in [-0.4, -0.2) is 9.55 Å². The van der Waals surface area contributed by atoms with Crippen molar-refractivity contribution in [1.82, 2.24) is 9.55 Å². The lowest BCUT2D eigenvalue weighted by atomic mass is 10.1. The average molecular weight is 201 g/mol. The molecule has 2 rings (SSSR count). The van der Waals surface area contributed by atoms with E-state index in [0.29, 0.717) is 5.95 Å². The second-order valence-electron chi connectivity index (χ2n) is 3.83. The molecule has 0 spiro atoms. The molecule has 0 unspecified atom stereocenters. The van der Waals surface area contributed by atoms with Gasteiger partial charge in [-0.25, -0.2) is 4.98 Å². The van der Waals surface area contributed by atoms with E-state index in [1.165, 1.54) is 11.1 Å². The quantitative estimate of drug-likeness (QED) is 0.808. The summed E-state index contributed by atoms with van der Waals surface area (Å²) in [6, 6.07) is 8.46. The molecular formula is C12H15N3. The van der Waals surface area contributed by atoms with E-state index in [9.17, 15) is 0 Å². The van der Waals surface area contributed by atoms with Gasteiger partial charge >= 0.3 is 0 Å². The molecule has 1 heterocycles. The number of aromatic nitrogens is 2. The van der Waals surface area contributed by atoms with Gasteiger partial charge < -0.3 is 10.3 Å². The summed E-state index contributed by atoms with van der Waals surface area (Å²) >= 11 is 0. The van der Waals surface area contributed by atoms with Crippen LogP contribution in [0.25, 0.3) is 0 Å². The van der Waals surface area contributed by atoms with Crippen LogP contribution in [0.4, 0.5) is 5.95 Å². The van der Waals surface area contributed by atoms with Crippen LogP contribution in [0.5, 0.6) is 0 Å². The number of hydrogen-bond acceptors (Lipinski definition) is 2. The number of aryl methyl sites for hydroxylation is 2. The van der Waals surface area contributed by atoms with E-state index in [1.54, 1.807) is 6.20 Å². The minimum absolute atomic E-state index is 0.577. The average Bonchev–Trinajstić information content (AvgIpc) is 2.53. The molecule has 0 saturated heterocycles. The van der Waals surface area contributed by atoms with Crippen molar-refractivity contribution in [3.8, 4) is 0 Å². The molecule has 0 aliphatic carbocycles. The Hall–Kier alpha value is -1.77. The van der Waals surface area contributed by atoms with Crippen molar-refractivity contribution in [2.45, 2.75) is 20.4 Å². The number of benzene rings is 1. The summed E-state index contributed by atoms with van der Waals surface area (Å²) in [5, 5.41) is 0. The van der Waals surface area contributed by atoms with Crippen LogP contribution in [0.3, 0.4) is 0 Å². The number of nitrogen functional groups attached to an aromatic ring is 1. The van der Waals surface area contributed by atoms with Crippen LogP contribution < -0.4 is 5.73 Å². The van der Waals surface area contributed by atoms with Gasteiger partial charge in [-0.05, 0) is 19.4 Å². The van der Waals surface area contributed by atoms with Crippen molar-refractivity contribution in [2.24, 2.45) is 0 Å². The maximum Gasteiger partial charge on any atom is 0.200 e. The van der Waals surface area contributed by atoms with Crippen LogP contribution >= 0.6 is 0 Å². The van der Waals surface area contributed by atoms with E-state index in [-0.39, 0.29) is 0 Å². The molecule has 0 saturated carbocycles. The lowest BCUT2D eigenvalue weighted by molar-refractivity contribution is 0.782. The molecule has 15 heavy (non-hydrogen) atoms. The monoisotopic (exact) mass is 201 g/mol. The highest BCUT2D eigenvalue weighted by atomic mass is 15.1. The molecule has 0 aliphatic heterocycles. The Bertz CT molecular complexity index is 435. The molecule has 1 aromatic heterocycles.